The van der Waals surface area contributed by atoms with Gasteiger partial charge in [-0.05, 0) is 38.1 Å². The number of ether oxygens (including phenoxy) is 1. The average molecular weight is 277 g/mol. The van der Waals surface area contributed by atoms with Gasteiger partial charge in [-0.25, -0.2) is 0 Å². The lowest BCUT2D eigenvalue weighted by Crippen LogP contribution is -2.36. The summed E-state index contributed by atoms with van der Waals surface area (Å²) >= 11 is 0. The number of hydrogen-bond donors (Lipinski definition) is 2. The first-order chi connectivity index (χ1) is 9.67. The summed E-state index contributed by atoms with van der Waals surface area (Å²) < 4.78 is 5.67. The molecular formula is C16H23NO3. The zero-order valence-corrected chi connectivity index (χ0v) is 12.2. The van der Waals surface area contributed by atoms with E-state index in [1.165, 1.54) is 0 Å². The van der Waals surface area contributed by atoms with Crippen molar-refractivity contribution in [3.8, 4) is 17.6 Å². The Morgan fingerprint density at radius 3 is 2.40 bits per heavy atom. The fraction of sp³-hybridized carbons (Fsp3) is 0.500. The van der Waals surface area contributed by atoms with Gasteiger partial charge in [0.2, 0.25) is 0 Å². The molecule has 20 heavy (non-hydrogen) atoms. The van der Waals surface area contributed by atoms with Crippen molar-refractivity contribution in [2.45, 2.75) is 19.9 Å². The minimum Gasteiger partial charge on any atom is -0.492 e. The molecule has 0 bridgehead atoms. The molecule has 4 heteroatoms. The number of hydrogen-bond acceptors (Lipinski definition) is 4. The summed E-state index contributed by atoms with van der Waals surface area (Å²) in [5.41, 5.74) is 0.857. The molecule has 1 aromatic carbocycles. The fourth-order valence-corrected chi connectivity index (χ4v) is 1.81. The Kier molecular flexibility index (Phi) is 7.74. The topological polar surface area (TPSA) is 52.9 Å². The van der Waals surface area contributed by atoms with Crippen LogP contribution >= 0.6 is 0 Å². The van der Waals surface area contributed by atoms with Crippen LogP contribution in [-0.2, 0) is 0 Å². The monoisotopic (exact) mass is 277 g/mol. The molecule has 0 saturated carbocycles. The zero-order valence-electron chi connectivity index (χ0n) is 12.2. The first-order valence-electron chi connectivity index (χ1n) is 6.85. The second kappa shape index (κ2) is 9.38. The summed E-state index contributed by atoms with van der Waals surface area (Å²) in [5, 5.41) is 17.6. The molecule has 0 heterocycles. The van der Waals surface area contributed by atoms with E-state index in [1.807, 2.05) is 24.3 Å². The smallest absolute Gasteiger partial charge is 0.119 e. The summed E-state index contributed by atoms with van der Waals surface area (Å²) in [6, 6.07) is 7.86. The van der Waals surface area contributed by atoms with Crippen LogP contribution < -0.4 is 4.74 Å². The van der Waals surface area contributed by atoms with Crippen molar-refractivity contribution in [3.63, 3.8) is 0 Å². The molecular weight excluding hydrogens is 254 g/mol. The Morgan fingerprint density at radius 1 is 1.15 bits per heavy atom. The molecule has 1 aromatic rings. The molecule has 0 atom stereocenters. The van der Waals surface area contributed by atoms with Gasteiger partial charge in [0, 0.05) is 24.7 Å². The number of aliphatic hydroxyl groups excluding tert-OH is 2. The largest absolute Gasteiger partial charge is 0.492 e. The zero-order chi connectivity index (χ0) is 14.8. The number of nitrogens with zero attached hydrogens (tertiary/aromatic N) is 1. The Hall–Kier alpha value is -1.54. The third-order valence-electron chi connectivity index (χ3n) is 2.93. The number of rotatable bonds is 7. The maximum atomic E-state index is 8.99. The van der Waals surface area contributed by atoms with E-state index in [-0.39, 0.29) is 13.2 Å². The molecule has 0 unspecified atom stereocenters. The molecule has 110 valence electrons. The predicted molar refractivity (Wildman–Crippen MR) is 79.7 cm³/mol. The summed E-state index contributed by atoms with van der Waals surface area (Å²) in [4.78, 5) is 2.17. The SMILES string of the molecule is CC(C)N(CCO)CCOc1ccc(C#CCO)cc1. The summed E-state index contributed by atoms with van der Waals surface area (Å²) in [6.07, 6.45) is 0. The van der Waals surface area contributed by atoms with E-state index in [0.29, 0.717) is 19.2 Å². The minimum absolute atomic E-state index is 0.131. The standard InChI is InChI=1S/C16H23NO3/c1-14(2)17(9-12-19)10-13-20-16-7-5-15(6-8-16)4-3-11-18/h5-8,14,18-19H,9-13H2,1-2H3. The summed E-state index contributed by atoms with van der Waals surface area (Å²) in [5.74, 6) is 6.24. The highest BCUT2D eigenvalue weighted by atomic mass is 16.5. The molecule has 2 N–H and O–H groups in total. The highest BCUT2D eigenvalue weighted by Crippen LogP contribution is 2.11. The van der Waals surface area contributed by atoms with Gasteiger partial charge in [0.25, 0.3) is 0 Å². The average Bonchev–Trinajstić information content (AvgIpc) is 2.45. The Balaban J connectivity index is 2.41. The molecule has 0 spiro atoms. The van der Waals surface area contributed by atoms with Crippen molar-refractivity contribution in [2.24, 2.45) is 0 Å². The molecule has 0 aliphatic carbocycles. The lowest BCUT2D eigenvalue weighted by molar-refractivity contribution is 0.141. The third-order valence-corrected chi connectivity index (χ3v) is 2.93. The first-order valence-corrected chi connectivity index (χ1v) is 6.85. The molecule has 0 saturated heterocycles. The van der Waals surface area contributed by atoms with Crippen LogP contribution in [0.25, 0.3) is 0 Å². The molecule has 0 fully saturated rings. The van der Waals surface area contributed by atoms with Gasteiger partial charge in [0.1, 0.15) is 19.0 Å². The van der Waals surface area contributed by atoms with Crippen LogP contribution in [-0.4, -0.2) is 54.1 Å². The quantitative estimate of drug-likeness (QED) is 0.733. The van der Waals surface area contributed by atoms with Crippen molar-refractivity contribution < 1.29 is 14.9 Å². The molecule has 4 nitrogen and oxygen atoms in total. The van der Waals surface area contributed by atoms with Crippen LogP contribution in [0.2, 0.25) is 0 Å². The summed E-state index contributed by atoms with van der Waals surface area (Å²) in [6.45, 7) is 6.26. The van der Waals surface area contributed by atoms with Gasteiger partial charge in [-0.1, -0.05) is 11.8 Å². The lowest BCUT2D eigenvalue weighted by Gasteiger charge is -2.25. The molecule has 0 aliphatic heterocycles. The number of aliphatic hydroxyl groups is 2. The number of benzene rings is 1. The van der Waals surface area contributed by atoms with Crippen LogP contribution in [0, 0.1) is 11.8 Å². The maximum absolute atomic E-state index is 8.99. The van der Waals surface area contributed by atoms with Crippen LogP contribution in [0.4, 0.5) is 0 Å². The van der Waals surface area contributed by atoms with E-state index >= 15 is 0 Å². The molecule has 0 amide bonds. The van der Waals surface area contributed by atoms with E-state index in [0.717, 1.165) is 17.9 Å². The second-order valence-corrected chi connectivity index (χ2v) is 4.69. The summed E-state index contributed by atoms with van der Waals surface area (Å²) in [7, 11) is 0. The van der Waals surface area contributed by atoms with Crippen molar-refractivity contribution in [1.82, 2.24) is 4.90 Å². The van der Waals surface area contributed by atoms with Gasteiger partial charge in [-0.2, -0.15) is 0 Å². The lowest BCUT2D eigenvalue weighted by atomic mass is 10.2. The van der Waals surface area contributed by atoms with Crippen LogP contribution in [0.5, 0.6) is 5.75 Å². The molecule has 0 aliphatic rings. The molecule has 0 aromatic heterocycles. The van der Waals surface area contributed by atoms with Crippen molar-refractivity contribution >= 4 is 0 Å². The predicted octanol–water partition coefficient (Wildman–Crippen LogP) is 1.11. The van der Waals surface area contributed by atoms with Crippen LogP contribution in [0.1, 0.15) is 19.4 Å². The Morgan fingerprint density at radius 2 is 1.85 bits per heavy atom. The maximum Gasteiger partial charge on any atom is 0.119 e. The van der Waals surface area contributed by atoms with Gasteiger partial charge >= 0.3 is 0 Å². The van der Waals surface area contributed by atoms with Crippen molar-refractivity contribution in [3.05, 3.63) is 29.8 Å². The Bertz CT molecular complexity index is 431. The third kappa shape index (κ3) is 6.07. The van der Waals surface area contributed by atoms with Gasteiger partial charge in [-0.3, -0.25) is 4.90 Å². The molecule has 0 radical (unpaired) electrons. The van der Waals surface area contributed by atoms with Gasteiger partial charge in [0.05, 0.1) is 6.61 Å². The normalized spacial score (nSPS) is 10.5. The van der Waals surface area contributed by atoms with Gasteiger partial charge in [-0.15, -0.1) is 0 Å². The van der Waals surface area contributed by atoms with E-state index in [9.17, 15) is 0 Å². The minimum atomic E-state index is -0.131. The van der Waals surface area contributed by atoms with Crippen LogP contribution in [0.15, 0.2) is 24.3 Å². The fourth-order valence-electron chi connectivity index (χ4n) is 1.81. The van der Waals surface area contributed by atoms with E-state index in [4.69, 9.17) is 14.9 Å². The van der Waals surface area contributed by atoms with Gasteiger partial charge < -0.3 is 14.9 Å². The highest BCUT2D eigenvalue weighted by Gasteiger charge is 2.08. The van der Waals surface area contributed by atoms with E-state index in [2.05, 4.69) is 30.6 Å². The molecule has 1 rings (SSSR count). The van der Waals surface area contributed by atoms with Crippen molar-refractivity contribution in [2.75, 3.05) is 32.9 Å². The van der Waals surface area contributed by atoms with Gasteiger partial charge in [0.15, 0.2) is 0 Å². The van der Waals surface area contributed by atoms with E-state index in [1.54, 1.807) is 0 Å². The second-order valence-electron chi connectivity index (χ2n) is 4.69. The highest BCUT2D eigenvalue weighted by molar-refractivity contribution is 5.38. The van der Waals surface area contributed by atoms with Crippen molar-refractivity contribution in [1.29, 1.82) is 0 Å². The first kappa shape index (κ1) is 16.5. The van der Waals surface area contributed by atoms with Crippen LogP contribution in [0.3, 0.4) is 0 Å². The van der Waals surface area contributed by atoms with E-state index < -0.39 is 0 Å². The Labute approximate surface area is 121 Å².